The van der Waals surface area contributed by atoms with E-state index in [0.29, 0.717) is 40.0 Å². The molecule has 4 rings (SSSR count). The van der Waals surface area contributed by atoms with Gasteiger partial charge in [0.15, 0.2) is 0 Å². The van der Waals surface area contributed by atoms with Crippen LogP contribution in [0.25, 0.3) is 0 Å². The van der Waals surface area contributed by atoms with Gasteiger partial charge in [-0.05, 0) is 55.3 Å². The SMILES string of the molecule is O=C(CNc1cc(Cl)ccc1OCC1CCCO1)Nc1ccccc1C(=O)Nc1ccccc1. The Morgan fingerprint density at radius 1 is 0.971 bits per heavy atom. The van der Waals surface area contributed by atoms with Crippen LogP contribution in [0, 0.1) is 0 Å². The van der Waals surface area contributed by atoms with Gasteiger partial charge in [0.25, 0.3) is 5.91 Å². The first-order valence-electron chi connectivity index (χ1n) is 11.1. The number of carbonyl (C=O) groups is 2. The summed E-state index contributed by atoms with van der Waals surface area (Å²) in [4.78, 5) is 25.4. The molecule has 0 aromatic heterocycles. The molecule has 1 atom stereocenters. The van der Waals surface area contributed by atoms with Gasteiger partial charge in [-0.2, -0.15) is 0 Å². The fourth-order valence-corrected chi connectivity index (χ4v) is 3.78. The first-order chi connectivity index (χ1) is 16.6. The molecule has 1 saturated heterocycles. The van der Waals surface area contributed by atoms with Crippen molar-refractivity contribution in [2.24, 2.45) is 0 Å². The number of rotatable bonds is 9. The molecule has 3 aromatic carbocycles. The molecule has 1 heterocycles. The maximum Gasteiger partial charge on any atom is 0.257 e. The molecule has 1 fully saturated rings. The molecule has 0 radical (unpaired) electrons. The van der Waals surface area contributed by atoms with E-state index in [9.17, 15) is 9.59 Å². The molecule has 1 aliphatic heterocycles. The summed E-state index contributed by atoms with van der Waals surface area (Å²) in [5, 5.41) is 9.23. The number of hydrogen-bond acceptors (Lipinski definition) is 5. The highest BCUT2D eigenvalue weighted by atomic mass is 35.5. The third-order valence-electron chi connectivity index (χ3n) is 5.31. The Morgan fingerprint density at radius 3 is 2.56 bits per heavy atom. The Morgan fingerprint density at radius 2 is 1.76 bits per heavy atom. The molecule has 34 heavy (non-hydrogen) atoms. The Balaban J connectivity index is 1.37. The summed E-state index contributed by atoms with van der Waals surface area (Å²) < 4.78 is 11.5. The maximum absolute atomic E-state index is 12.7. The van der Waals surface area contributed by atoms with Crippen molar-refractivity contribution < 1.29 is 19.1 Å². The predicted octanol–water partition coefficient (Wildman–Crippen LogP) is 5.20. The molecular formula is C26H26ClN3O4. The zero-order valence-electron chi connectivity index (χ0n) is 18.6. The molecular weight excluding hydrogens is 454 g/mol. The zero-order valence-corrected chi connectivity index (χ0v) is 19.3. The van der Waals surface area contributed by atoms with Crippen molar-refractivity contribution in [3.63, 3.8) is 0 Å². The van der Waals surface area contributed by atoms with Crippen LogP contribution in [0.15, 0.2) is 72.8 Å². The van der Waals surface area contributed by atoms with Gasteiger partial charge in [-0.1, -0.05) is 41.9 Å². The molecule has 8 heteroatoms. The molecule has 1 unspecified atom stereocenters. The van der Waals surface area contributed by atoms with Crippen LogP contribution in [0.1, 0.15) is 23.2 Å². The van der Waals surface area contributed by atoms with Crippen LogP contribution in [0.2, 0.25) is 5.02 Å². The zero-order chi connectivity index (χ0) is 23.8. The van der Waals surface area contributed by atoms with E-state index in [1.807, 2.05) is 18.2 Å². The monoisotopic (exact) mass is 479 g/mol. The van der Waals surface area contributed by atoms with Crippen molar-refractivity contribution in [1.29, 1.82) is 0 Å². The first-order valence-corrected chi connectivity index (χ1v) is 11.5. The summed E-state index contributed by atoms with van der Waals surface area (Å²) in [6, 6.07) is 21.2. The van der Waals surface area contributed by atoms with E-state index in [4.69, 9.17) is 21.1 Å². The fourth-order valence-electron chi connectivity index (χ4n) is 3.60. The van der Waals surface area contributed by atoms with E-state index in [1.165, 1.54) is 0 Å². The summed E-state index contributed by atoms with van der Waals surface area (Å²) in [7, 11) is 0. The lowest BCUT2D eigenvalue weighted by Gasteiger charge is -2.16. The normalized spacial score (nSPS) is 14.9. The van der Waals surface area contributed by atoms with Crippen molar-refractivity contribution in [3.05, 3.63) is 83.4 Å². The van der Waals surface area contributed by atoms with Gasteiger partial charge in [0.05, 0.1) is 29.6 Å². The van der Waals surface area contributed by atoms with E-state index in [0.717, 1.165) is 19.4 Å². The molecule has 7 nitrogen and oxygen atoms in total. The van der Waals surface area contributed by atoms with Crippen LogP contribution in [0.5, 0.6) is 5.75 Å². The van der Waals surface area contributed by atoms with Crippen LogP contribution in [-0.4, -0.2) is 37.7 Å². The molecule has 2 amide bonds. The Bertz CT molecular complexity index is 1130. The quantitative estimate of drug-likeness (QED) is 0.392. The van der Waals surface area contributed by atoms with Gasteiger partial charge in [0.2, 0.25) is 5.91 Å². The van der Waals surface area contributed by atoms with Crippen LogP contribution < -0.4 is 20.7 Å². The van der Waals surface area contributed by atoms with Crippen molar-refractivity contribution in [2.45, 2.75) is 18.9 Å². The molecule has 1 aliphatic rings. The van der Waals surface area contributed by atoms with Crippen molar-refractivity contribution in [2.75, 3.05) is 35.7 Å². The average molecular weight is 480 g/mol. The maximum atomic E-state index is 12.7. The number of benzene rings is 3. The lowest BCUT2D eigenvalue weighted by Crippen LogP contribution is -2.24. The van der Waals surface area contributed by atoms with Gasteiger partial charge < -0.3 is 25.4 Å². The molecule has 0 aliphatic carbocycles. The van der Waals surface area contributed by atoms with Gasteiger partial charge in [-0.25, -0.2) is 0 Å². The second kappa shape index (κ2) is 11.5. The number of para-hydroxylation sites is 2. The van der Waals surface area contributed by atoms with Crippen molar-refractivity contribution in [3.8, 4) is 5.75 Å². The Hall–Kier alpha value is -3.55. The number of ether oxygens (including phenoxy) is 2. The minimum atomic E-state index is -0.315. The fraction of sp³-hybridized carbons (Fsp3) is 0.231. The summed E-state index contributed by atoms with van der Waals surface area (Å²) in [6.07, 6.45) is 2.08. The molecule has 0 spiro atoms. The summed E-state index contributed by atoms with van der Waals surface area (Å²) in [5.74, 6) is -0.0323. The number of nitrogens with one attached hydrogen (secondary N) is 3. The topological polar surface area (TPSA) is 88.7 Å². The van der Waals surface area contributed by atoms with Crippen molar-refractivity contribution >= 4 is 40.5 Å². The summed E-state index contributed by atoms with van der Waals surface area (Å²) in [6.45, 7) is 1.16. The van der Waals surface area contributed by atoms with E-state index in [1.54, 1.807) is 54.6 Å². The van der Waals surface area contributed by atoms with Crippen LogP contribution in [-0.2, 0) is 9.53 Å². The van der Waals surface area contributed by atoms with Gasteiger partial charge in [0.1, 0.15) is 12.4 Å². The van der Waals surface area contributed by atoms with Gasteiger partial charge in [-0.3, -0.25) is 9.59 Å². The largest absolute Gasteiger partial charge is 0.489 e. The third-order valence-corrected chi connectivity index (χ3v) is 5.54. The highest BCUT2D eigenvalue weighted by Crippen LogP contribution is 2.29. The van der Waals surface area contributed by atoms with Crippen LogP contribution in [0.4, 0.5) is 17.1 Å². The number of halogens is 1. The minimum Gasteiger partial charge on any atom is -0.489 e. The average Bonchev–Trinajstić information content (AvgIpc) is 3.37. The van der Waals surface area contributed by atoms with E-state index < -0.39 is 0 Å². The molecule has 0 bridgehead atoms. The highest BCUT2D eigenvalue weighted by molar-refractivity contribution is 6.31. The third kappa shape index (κ3) is 6.50. The smallest absolute Gasteiger partial charge is 0.257 e. The second-order valence-electron chi connectivity index (χ2n) is 7.85. The predicted molar refractivity (Wildman–Crippen MR) is 134 cm³/mol. The molecule has 0 saturated carbocycles. The Kier molecular flexibility index (Phi) is 8.01. The van der Waals surface area contributed by atoms with Crippen molar-refractivity contribution in [1.82, 2.24) is 0 Å². The van der Waals surface area contributed by atoms with Crippen LogP contribution in [0.3, 0.4) is 0 Å². The van der Waals surface area contributed by atoms with E-state index in [-0.39, 0.29) is 24.5 Å². The van der Waals surface area contributed by atoms with E-state index >= 15 is 0 Å². The van der Waals surface area contributed by atoms with Gasteiger partial charge in [0, 0.05) is 17.3 Å². The van der Waals surface area contributed by atoms with Crippen LogP contribution >= 0.6 is 11.6 Å². The molecule has 176 valence electrons. The molecule has 3 N–H and O–H groups in total. The number of hydrogen-bond donors (Lipinski definition) is 3. The standard InChI is InChI=1S/C26H26ClN3O4/c27-18-12-13-24(34-17-20-9-6-14-33-20)23(15-18)28-16-25(31)30-22-11-5-4-10-21(22)26(32)29-19-7-2-1-3-8-19/h1-5,7-8,10-13,15,20,28H,6,9,14,16-17H2,(H,29,32)(H,30,31). The number of amides is 2. The van der Waals surface area contributed by atoms with Gasteiger partial charge in [-0.15, -0.1) is 0 Å². The van der Waals surface area contributed by atoms with Gasteiger partial charge >= 0.3 is 0 Å². The lowest BCUT2D eigenvalue weighted by atomic mass is 10.1. The van der Waals surface area contributed by atoms with E-state index in [2.05, 4.69) is 16.0 Å². The first kappa shape index (κ1) is 23.6. The minimum absolute atomic E-state index is 0.0364. The lowest BCUT2D eigenvalue weighted by molar-refractivity contribution is -0.114. The number of anilines is 3. The summed E-state index contributed by atoms with van der Waals surface area (Å²) >= 11 is 6.15. The second-order valence-corrected chi connectivity index (χ2v) is 8.29. The highest BCUT2D eigenvalue weighted by Gasteiger charge is 2.18. The Labute approximate surface area is 203 Å². The summed E-state index contributed by atoms with van der Waals surface area (Å²) in [5.41, 5.74) is 2.06. The molecule has 3 aromatic rings. The number of carbonyl (C=O) groups excluding carboxylic acids is 2.